The predicted molar refractivity (Wildman–Crippen MR) is 70.1 cm³/mol. The van der Waals surface area contributed by atoms with Gasteiger partial charge in [-0.05, 0) is 17.3 Å². The van der Waals surface area contributed by atoms with E-state index in [1.54, 1.807) is 6.33 Å². The fourth-order valence-corrected chi connectivity index (χ4v) is 3.08. The van der Waals surface area contributed by atoms with Crippen molar-refractivity contribution in [3.8, 4) is 0 Å². The molecule has 100 valence electrons. The predicted octanol–water partition coefficient (Wildman–Crippen LogP) is 2.48. The minimum absolute atomic E-state index is 0.111. The van der Waals surface area contributed by atoms with Gasteiger partial charge in [0.05, 0.1) is 6.42 Å². The van der Waals surface area contributed by atoms with E-state index in [1.807, 2.05) is 4.68 Å². The number of ketones is 1. The van der Waals surface area contributed by atoms with Crippen molar-refractivity contribution in [2.75, 3.05) is 0 Å². The maximum absolute atomic E-state index is 12.4. The van der Waals surface area contributed by atoms with E-state index in [-0.39, 0.29) is 16.7 Å². The molecule has 1 aromatic heterocycles. The van der Waals surface area contributed by atoms with Crippen molar-refractivity contribution in [1.82, 2.24) is 14.8 Å². The summed E-state index contributed by atoms with van der Waals surface area (Å²) in [6, 6.07) is 0. The zero-order chi connectivity index (χ0) is 13.6. The number of rotatable bonds is 5. The average Bonchev–Trinajstić information content (AvgIpc) is 2.59. The van der Waals surface area contributed by atoms with Crippen molar-refractivity contribution < 1.29 is 4.79 Å². The quantitative estimate of drug-likeness (QED) is 0.805. The van der Waals surface area contributed by atoms with E-state index in [1.165, 1.54) is 0 Å². The first-order valence-electron chi connectivity index (χ1n) is 6.71. The summed E-state index contributed by atoms with van der Waals surface area (Å²) in [7, 11) is 0. The van der Waals surface area contributed by atoms with Crippen molar-refractivity contribution >= 4 is 5.78 Å². The van der Waals surface area contributed by atoms with Crippen LogP contribution in [0.5, 0.6) is 0 Å². The Bertz CT molecular complexity index is 445. The van der Waals surface area contributed by atoms with Gasteiger partial charge in [0.25, 0.3) is 0 Å². The van der Waals surface area contributed by atoms with Crippen LogP contribution in [0.3, 0.4) is 0 Å². The van der Waals surface area contributed by atoms with Gasteiger partial charge < -0.3 is 0 Å². The third kappa shape index (κ3) is 1.88. The smallest absolute Gasteiger partial charge is 0.144 e. The molecule has 0 aliphatic heterocycles. The molecule has 0 N–H and O–H groups in total. The van der Waals surface area contributed by atoms with E-state index in [0.29, 0.717) is 12.2 Å². The molecule has 0 unspecified atom stereocenters. The first-order valence-corrected chi connectivity index (χ1v) is 6.71. The summed E-state index contributed by atoms with van der Waals surface area (Å²) in [6.45, 7) is 11.6. The van der Waals surface area contributed by atoms with Gasteiger partial charge >= 0.3 is 0 Å². The summed E-state index contributed by atoms with van der Waals surface area (Å²) in [5, 5.41) is 4.16. The molecular formula is C14H23N3O. The van der Waals surface area contributed by atoms with Gasteiger partial charge in [0.2, 0.25) is 0 Å². The molecule has 0 radical (unpaired) electrons. The van der Waals surface area contributed by atoms with E-state index < -0.39 is 0 Å². The third-order valence-electron chi connectivity index (χ3n) is 4.81. The Labute approximate surface area is 109 Å². The molecule has 1 fully saturated rings. The monoisotopic (exact) mass is 249 g/mol. The summed E-state index contributed by atoms with van der Waals surface area (Å²) >= 11 is 0. The SMILES string of the molecule is CCCn1ncnc1CC(=O)C1C(C)(C)C1(C)C. The van der Waals surface area contributed by atoms with Crippen LogP contribution in [0.25, 0.3) is 0 Å². The molecule has 1 heterocycles. The highest BCUT2D eigenvalue weighted by Gasteiger charge is 2.67. The van der Waals surface area contributed by atoms with Crippen molar-refractivity contribution in [3.05, 3.63) is 12.2 Å². The highest BCUT2D eigenvalue weighted by Crippen LogP contribution is 2.68. The highest BCUT2D eigenvalue weighted by atomic mass is 16.1. The molecule has 18 heavy (non-hydrogen) atoms. The van der Waals surface area contributed by atoms with Crippen LogP contribution < -0.4 is 0 Å². The van der Waals surface area contributed by atoms with Gasteiger partial charge in [-0.2, -0.15) is 5.10 Å². The zero-order valence-corrected chi connectivity index (χ0v) is 12.0. The maximum Gasteiger partial charge on any atom is 0.144 e. The van der Waals surface area contributed by atoms with Gasteiger partial charge in [-0.15, -0.1) is 0 Å². The number of carbonyl (C=O) groups is 1. The summed E-state index contributed by atoms with van der Waals surface area (Å²) in [5.74, 6) is 1.26. The molecule has 4 heteroatoms. The number of aryl methyl sites for hydroxylation is 1. The van der Waals surface area contributed by atoms with Crippen LogP contribution in [0.1, 0.15) is 46.9 Å². The number of nitrogens with zero attached hydrogens (tertiary/aromatic N) is 3. The molecule has 0 saturated heterocycles. The lowest BCUT2D eigenvalue weighted by molar-refractivity contribution is -0.120. The number of hydrogen-bond donors (Lipinski definition) is 0. The van der Waals surface area contributed by atoms with Gasteiger partial charge in [0, 0.05) is 12.5 Å². The van der Waals surface area contributed by atoms with Gasteiger partial charge in [-0.3, -0.25) is 4.79 Å². The largest absolute Gasteiger partial charge is 0.299 e. The van der Waals surface area contributed by atoms with Crippen LogP contribution >= 0.6 is 0 Å². The zero-order valence-electron chi connectivity index (χ0n) is 12.0. The minimum Gasteiger partial charge on any atom is -0.299 e. The van der Waals surface area contributed by atoms with Crippen molar-refractivity contribution in [2.24, 2.45) is 16.7 Å². The van der Waals surface area contributed by atoms with Crippen molar-refractivity contribution in [1.29, 1.82) is 0 Å². The Morgan fingerprint density at radius 1 is 1.33 bits per heavy atom. The lowest BCUT2D eigenvalue weighted by Gasteiger charge is -2.04. The van der Waals surface area contributed by atoms with Gasteiger partial charge in [-0.25, -0.2) is 9.67 Å². The summed E-state index contributed by atoms with van der Waals surface area (Å²) in [4.78, 5) is 16.6. The van der Waals surface area contributed by atoms with Crippen LogP contribution in [0.2, 0.25) is 0 Å². The van der Waals surface area contributed by atoms with E-state index in [2.05, 4.69) is 44.7 Å². The van der Waals surface area contributed by atoms with Gasteiger partial charge in [-0.1, -0.05) is 34.6 Å². The Kier molecular flexibility index (Phi) is 3.07. The summed E-state index contributed by atoms with van der Waals surface area (Å²) < 4.78 is 1.85. The molecule has 0 bridgehead atoms. The van der Waals surface area contributed by atoms with Crippen LogP contribution in [0.15, 0.2) is 6.33 Å². The Balaban J connectivity index is 2.07. The second-order valence-electron chi connectivity index (χ2n) is 6.42. The molecule has 1 aliphatic carbocycles. The maximum atomic E-state index is 12.4. The molecule has 2 rings (SSSR count). The topological polar surface area (TPSA) is 47.8 Å². The summed E-state index contributed by atoms with van der Waals surface area (Å²) in [6.07, 6.45) is 2.96. The fraction of sp³-hybridized carbons (Fsp3) is 0.786. The first-order chi connectivity index (χ1) is 8.32. The average molecular weight is 249 g/mol. The van der Waals surface area contributed by atoms with Crippen molar-refractivity contribution in [2.45, 2.75) is 54.0 Å². The molecule has 0 amide bonds. The fourth-order valence-electron chi connectivity index (χ4n) is 3.08. The van der Waals surface area contributed by atoms with Crippen LogP contribution in [0.4, 0.5) is 0 Å². The van der Waals surface area contributed by atoms with E-state index in [0.717, 1.165) is 18.8 Å². The minimum atomic E-state index is 0.111. The number of carbonyl (C=O) groups excluding carboxylic acids is 1. The second-order valence-corrected chi connectivity index (χ2v) is 6.42. The summed E-state index contributed by atoms with van der Waals surface area (Å²) in [5.41, 5.74) is 0.222. The normalized spacial score (nSPS) is 20.9. The Morgan fingerprint density at radius 2 is 1.94 bits per heavy atom. The standard InChI is InChI=1S/C14H23N3O/c1-6-7-17-11(15-9-16-17)8-10(18)12-13(2,3)14(12,4)5/h9,12H,6-8H2,1-5H3. The van der Waals surface area contributed by atoms with E-state index >= 15 is 0 Å². The highest BCUT2D eigenvalue weighted by molar-refractivity contribution is 5.87. The van der Waals surface area contributed by atoms with Crippen LogP contribution in [-0.2, 0) is 17.8 Å². The van der Waals surface area contributed by atoms with Crippen LogP contribution in [-0.4, -0.2) is 20.5 Å². The molecule has 0 spiro atoms. The molecule has 1 aromatic rings. The van der Waals surface area contributed by atoms with Gasteiger partial charge in [0.15, 0.2) is 0 Å². The Hall–Kier alpha value is -1.19. The number of aromatic nitrogens is 3. The lowest BCUT2D eigenvalue weighted by Crippen LogP contribution is -2.15. The molecule has 1 aliphatic rings. The molecule has 1 saturated carbocycles. The van der Waals surface area contributed by atoms with E-state index in [4.69, 9.17) is 0 Å². The third-order valence-corrected chi connectivity index (χ3v) is 4.81. The first kappa shape index (κ1) is 13.2. The molecular weight excluding hydrogens is 226 g/mol. The molecule has 4 nitrogen and oxygen atoms in total. The Morgan fingerprint density at radius 3 is 2.44 bits per heavy atom. The second kappa shape index (κ2) is 4.18. The molecule has 0 atom stereocenters. The van der Waals surface area contributed by atoms with Gasteiger partial charge in [0.1, 0.15) is 17.9 Å². The lowest BCUT2D eigenvalue weighted by atomic mass is 10.0. The number of Topliss-reactive ketones (excluding diaryl/α,β-unsaturated/α-hetero) is 1. The van der Waals surface area contributed by atoms with Crippen molar-refractivity contribution in [3.63, 3.8) is 0 Å². The van der Waals surface area contributed by atoms with Crippen LogP contribution in [0, 0.1) is 16.7 Å². The number of hydrogen-bond acceptors (Lipinski definition) is 3. The van der Waals surface area contributed by atoms with E-state index in [9.17, 15) is 4.79 Å². The molecule has 0 aromatic carbocycles.